The van der Waals surface area contributed by atoms with E-state index in [0.717, 1.165) is 27.9 Å². The molecule has 0 aliphatic rings. The van der Waals surface area contributed by atoms with Gasteiger partial charge in [0.2, 0.25) is 0 Å². The summed E-state index contributed by atoms with van der Waals surface area (Å²) in [6.45, 7) is 2.63. The zero-order valence-corrected chi connectivity index (χ0v) is 9.58. The summed E-state index contributed by atoms with van der Waals surface area (Å²) in [6.07, 6.45) is 2.84. The van der Waals surface area contributed by atoms with Gasteiger partial charge in [0.15, 0.2) is 0 Å². The van der Waals surface area contributed by atoms with Crippen LogP contribution >= 0.6 is 15.9 Å². The van der Waals surface area contributed by atoms with Crippen LogP contribution in [0.3, 0.4) is 0 Å². The van der Waals surface area contributed by atoms with Gasteiger partial charge in [0.05, 0.1) is 11.2 Å². The monoisotopic (exact) mass is 253 g/mol. The summed E-state index contributed by atoms with van der Waals surface area (Å²) in [5.74, 6) is 1.00. The zero-order valence-electron chi connectivity index (χ0n) is 8.00. The van der Waals surface area contributed by atoms with Crippen LogP contribution in [0.4, 0.5) is 0 Å². The highest BCUT2D eigenvalue weighted by molar-refractivity contribution is 9.10. The molecule has 0 spiro atoms. The van der Waals surface area contributed by atoms with Crippen molar-refractivity contribution in [1.29, 1.82) is 0 Å². The second-order valence-corrected chi connectivity index (χ2v) is 4.07. The zero-order chi connectivity index (χ0) is 10.1. The van der Waals surface area contributed by atoms with E-state index in [1.54, 1.807) is 0 Å². The number of halogens is 1. The molecule has 0 saturated heterocycles. The second kappa shape index (κ2) is 3.71. The van der Waals surface area contributed by atoms with Crippen molar-refractivity contribution in [3.63, 3.8) is 0 Å². The maximum atomic E-state index is 5.55. The lowest BCUT2D eigenvalue weighted by Gasteiger charge is -1.99. The highest BCUT2D eigenvalue weighted by Gasteiger charge is 2.09. The molecule has 0 atom stereocenters. The van der Waals surface area contributed by atoms with Crippen molar-refractivity contribution in [2.45, 2.75) is 13.3 Å². The summed E-state index contributed by atoms with van der Waals surface area (Å²) >= 11 is 3.53. The topological polar surface area (TPSA) is 43.3 Å². The van der Waals surface area contributed by atoms with Gasteiger partial charge in [0.1, 0.15) is 5.82 Å². The number of aryl methyl sites for hydroxylation is 1. The van der Waals surface area contributed by atoms with E-state index in [2.05, 4.69) is 25.3 Å². The van der Waals surface area contributed by atoms with Gasteiger partial charge in [-0.2, -0.15) is 0 Å². The van der Waals surface area contributed by atoms with Crippen molar-refractivity contribution < 1.29 is 0 Å². The fourth-order valence-electron chi connectivity index (χ4n) is 1.64. The molecule has 0 aliphatic carbocycles. The number of imidazole rings is 1. The maximum absolute atomic E-state index is 5.55. The molecule has 0 radical (unpaired) electrons. The standard InChI is InChI=1S/C10H12BrN3/c1-7-13-9(4-5-12)10-8(11)3-2-6-14(7)10/h2-3,6H,4-5,12H2,1H3. The Labute approximate surface area is 91.1 Å². The van der Waals surface area contributed by atoms with Gasteiger partial charge in [-0.05, 0) is 41.5 Å². The van der Waals surface area contributed by atoms with E-state index in [9.17, 15) is 0 Å². The summed E-state index contributed by atoms with van der Waals surface area (Å²) in [7, 11) is 0. The minimum Gasteiger partial charge on any atom is -0.330 e. The highest BCUT2D eigenvalue weighted by Crippen LogP contribution is 2.22. The summed E-state index contributed by atoms with van der Waals surface area (Å²) < 4.78 is 3.15. The summed E-state index contributed by atoms with van der Waals surface area (Å²) in [5, 5.41) is 0. The quantitative estimate of drug-likeness (QED) is 0.889. The molecule has 14 heavy (non-hydrogen) atoms. The third-order valence-electron chi connectivity index (χ3n) is 2.24. The van der Waals surface area contributed by atoms with E-state index in [1.165, 1.54) is 0 Å². The number of rotatable bonds is 2. The molecule has 0 fully saturated rings. The first-order valence-electron chi connectivity index (χ1n) is 4.56. The molecule has 2 aromatic heterocycles. The molecule has 0 aliphatic heterocycles. The van der Waals surface area contributed by atoms with Gasteiger partial charge >= 0.3 is 0 Å². The Bertz CT molecular complexity index is 462. The van der Waals surface area contributed by atoms with Crippen LogP contribution in [0.2, 0.25) is 0 Å². The van der Waals surface area contributed by atoms with E-state index in [-0.39, 0.29) is 0 Å². The van der Waals surface area contributed by atoms with Crippen LogP contribution in [-0.2, 0) is 6.42 Å². The molecular weight excluding hydrogens is 242 g/mol. The molecule has 0 unspecified atom stereocenters. The van der Waals surface area contributed by atoms with Crippen LogP contribution in [0.15, 0.2) is 22.8 Å². The number of hydrogen-bond acceptors (Lipinski definition) is 2. The average molecular weight is 254 g/mol. The molecule has 2 heterocycles. The van der Waals surface area contributed by atoms with E-state index in [1.807, 2.05) is 25.3 Å². The Morgan fingerprint density at radius 3 is 3.07 bits per heavy atom. The molecule has 2 N–H and O–H groups in total. The average Bonchev–Trinajstić information content (AvgIpc) is 2.46. The summed E-state index contributed by atoms with van der Waals surface area (Å²) in [4.78, 5) is 4.49. The van der Waals surface area contributed by atoms with Gasteiger partial charge in [0.25, 0.3) is 0 Å². The number of nitrogens with two attached hydrogens (primary N) is 1. The van der Waals surface area contributed by atoms with Crippen molar-refractivity contribution in [2.24, 2.45) is 5.73 Å². The molecule has 0 saturated carbocycles. The normalized spacial score (nSPS) is 11.1. The van der Waals surface area contributed by atoms with Gasteiger partial charge in [-0.15, -0.1) is 0 Å². The Hall–Kier alpha value is -0.870. The number of fused-ring (bicyclic) bond motifs is 1. The van der Waals surface area contributed by atoms with Crippen molar-refractivity contribution in [1.82, 2.24) is 9.38 Å². The molecule has 74 valence electrons. The summed E-state index contributed by atoms with van der Waals surface area (Å²) in [6, 6.07) is 4.02. The number of hydrogen-bond donors (Lipinski definition) is 1. The predicted molar refractivity (Wildman–Crippen MR) is 60.4 cm³/mol. The van der Waals surface area contributed by atoms with Crippen LogP contribution < -0.4 is 5.73 Å². The molecule has 2 aromatic rings. The number of aromatic nitrogens is 2. The van der Waals surface area contributed by atoms with Crippen molar-refractivity contribution in [3.8, 4) is 0 Å². The third kappa shape index (κ3) is 1.44. The predicted octanol–water partition coefficient (Wildman–Crippen LogP) is 1.91. The Morgan fingerprint density at radius 1 is 1.57 bits per heavy atom. The molecule has 0 aromatic carbocycles. The molecule has 3 nitrogen and oxygen atoms in total. The number of pyridine rings is 1. The van der Waals surface area contributed by atoms with Gasteiger partial charge < -0.3 is 10.1 Å². The van der Waals surface area contributed by atoms with E-state index in [0.29, 0.717) is 6.54 Å². The number of nitrogens with zero attached hydrogens (tertiary/aromatic N) is 2. The van der Waals surface area contributed by atoms with Gasteiger partial charge in [-0.1, -0.05) is 0 Å². The molecule has 0 amide bonds. The smallest absolute Gasteiger partial charge is 0.110 e. The van der Waals surface area contributed by atoms with E-state index in [4.69, 9.17) is 5.73 Å². The van der Waals surface area contributed by atoms with Crippen LogP contribution in [0.5, 0.6) is 0 Å². The fraction of sp³-hybridized carbons (Fsp3) is 0.300. The summed E-state index contributed by atoms with van der Waals surface area (Å²) in [5.41, 5.74) is 7.75. The van der Waals surface area contributed by atoms with Crippen molar-refractivity contribution in [3.05, 3.63) is 34.3 Å². The van der Waals surface area contributed by atoms with Crippen molar-refractivity contribution in [2.75, 3.05) is 6.54 Å². The van der Waals surface area contributed by atoms with Crippen molar-refractivity contribution >= 4 is 21.4 Å². The van der Waals surface area contributed by atoms with Gasteiger partial charge in [0, 0.05) is 17.1 Å². The SMILES string of the molecule is Cc1nc(CCN)c2c(Br)cccn12. The first-order valence-corrected chi connectivity index (χ1v) is 5.35. The van der Waals surface area contributed by atoms with Crippen LogP contribution in [0.1, 0.15) is 11.5 Å². The first kappa shape index (κ1) is 9.68. The maximum Gasteiger partial charge on any atom is 0.110 e. The Morgan fingerprint density at radius 2 is 2.36 bits per heavy atom. The molecule has 2 rings (SSSR count). The lowest BCUT2D eigenvalue weighted by molar-refractivity contribution is 0.933. The molecule has 4 heteroatoms. The Kier molecular flexibility index (Phi) is 2.56. The van der Waals surface area contributed by atoms with Crippen LogP contribution in [0, 0.1) is 6.92 Å². The fourth-order valence-corrected chi connectivity index (χ4v) is 2.21. The minimum absolute atomic E-state index is 0.632. The lowest BCUT2D eigenvalue weighted by Crippen LogP contribution is -2.03. The third-order valence-corrected chi connectivity index (χ3v) is 2.88. The molecular formula is C10H12BrN3. The highest BCUT2D eigenvalue weighted by atomic mass is 79.9. The largest absolute Gasteiger partial charge is 0.330 e. The lowest BCUT2D eigenvalue weighted by atomic mass is 10.2. The first-order chi connectivity index (χ1) is 6.74. The second-order valence-electron chi connectivity index (χ2n) is 3.22. The van der Waals surface area contributed by atoms with Gasteiger partial charge in [-0.25, -0.2) is 4.98 Å². The van der Waals surface area contributed by atoms with E-state index < -0.39 is 0 Å². The Balaban J connectivity index is 2.72. The van der Waals surface area contributed by atoms with Crippen LogP contribution in [0.25, 0.3) is 5.52 Å². The van der Waals surface area contributed by atoms with Crippen LogP contribution in [-0.4, -0.2) is 15.9 Å². The minimum atomic E-state index is 0.632. The van der Waals surface area contributed by atoms with E-state index >= 15 is 0 Å². The van der Waals surface area contributed by atoms with Gasteiger partial charge in [-0.3, -0.25) is 0 Å². The molecule has 0 bridgehead atoms.